The molecule has 0 bridgehead atoms. The zero-order chi connectivity index (χ0) is 11.8. The highest BCUT2D eigenvalue weighted by Gasteiger charge is 2.02. The Morgan fingerprint density at radius 3 is 2.81 bits per heavy atom. The molecule has 4 nitrogen and oxygen atoms in total. The van der Waals surface area contributed by atoms with Crippen LogP contribution < -0.4 is 10.5 Å². The van der Waals surface area contributed by atoms with Crippen molar-refractivity contribution in [1.29, 1.82) is 0 Å². The summed E-state index contributed by atoms with van der Waals surface area (Å²) in [5.74, 6) is 0.575. The maximum Gasteiger partial charge on any atom is 0.305 e. The van der Waals surface area contributed by atoms with E-state index in [0.717, 1.165) is 11.3 Å². The summed E-state index contributed by atoms with van der Waals surface area (Å²) < 4.78 is 10.1. The fraction of sp³-hybridized carbons (Fsp3) is 0.417. The van der Waals surface area contributed by atoms with E-state index in [1.807, 2.05) is 24.3 Å². The standard InChI is InChI=1S/C12H17NO3/c1-15-12(14)7-4-8-16-11-6-3-2-5-10(11)9-13/h2-3,5-6H,4,7-9,13H2,1H3. The monoisotopic (exact) mass is 223 g/mol. The van der Waals surface area contributed by atoms with Crippen LogP contribution in [0.3, 0.4) is 0 Å². The van der Waals surface area contributed by atoms with Crippen LogP contribution in [-0.4, -0.2) is 19.7 Å². The summed E-state index contributed by atoms with van der Waals surface area (Å²) >= 11 is 0. The first-order valence-electron chi connectivity index (χ1n) is 5.25. The summed E-state index contributed by atoms with van der Waals surface area (Å²) in [6.07, 6.45) is 1.02. The van der Waals surface area contributed by atoms with Gasteiger partial charge in [-0.3, -0.25) is 4.79 Å². The van der Waals surface area contributed by atoms with Crippen molar-refractivity contribution in [2.45, 2.75) is 19.4 Å². The number of methoxy groups -OCH3 is 1. The third-order valence-electron chi connectivity index (χ3n) is 2.20. The molecule has 1 aromatic carbocycles. The molecule has 0 saturated carbocycles. The number of hydrogen-bond donors (Lipinski definition) is 1. The lowest BCUT2D eigenvalue weighted by molar-refractivity contribution is -0.140. The fourth-order valence-electron chi connectivity index (χ4n) is 1.31. The van der Waals surface area contributed by atoms with Crippen LogP contribution in [0.1, 0.15) is 18.4 Å². The van der Waals surface area contributed by atoms with Gasteiger partial charge in [-0.15, -0.1) is 0 Å². The van der Waals surface area contributed by atoms with Gasteiger partial charge >= 0.3 is 5.97 Å². The highest BCUT2D eigenvalue weighted by atomic mass is 16.5. The van der Waals surface area contributed by atoms with Gasteiger partial charge < -0.3 is 15.2 Å². The molecule has 0 radical (unpaired) electrons. The molecule has 0 atom stereocenters. The molecule has 2 N–H and O–H groups in total. The third-order valence-corrected chi connectivity index (χ3v) is 2.20. The smallest absolute Gasteiger partial charge is 0.305 e. The van der Waals surface area contributed by atoms with E-state index in [9.17, 15) is 4.79 Å². The fourth-order valence-corrected chi connectivity index (χ4v) is 1.31. The average Bonchev–Trinajstić information content (AvgIpc) is 2.34. The summed E-state index contributed by atoms with van der Waals surface area (Å²) in [6, 6.07) is 7.62. The normalized spacial score (nSPS) is 9.88. The summed E-state index contributed by atoms with van der Waals surface area (Å²) in [6.45, 7) is 0.944. The van der Waals surface area contributed by atoms with E-state index in [1.54, 1.807) is 0 Å². The van der Waals surface area contributed by atoms with Gasteiger partial charge in [0.05, 0.1) is 13.7 Å². The topological polar surface area (TPSA) is 61.5 Å². The Kier molecular flexibility index (Phi) is 5.36. The minimum Gasteiger partial charge on any atom is -0.493 e. The van der Waals surface area contributed by atoms with E-state index in [1.165, 1.54) is 7.11 Å². The van der Waals surface area contributed by atoms with Crippen molar-refractivity contribution >= 4 is 5.97 Å². The van der Waals surface area contributed by atoms with Gasteiger partial charge in [0.25, 0.3) is 0 Å². The van der Waals surface area contributed by atoms with E-state index >= 15 is 0 Å². The van der Waals surface area contributed by atoms with Crippen LogP contribution in [-0.2, 0) is 16.1 Å². The van der Waals surface area contributed by atoms with Crippen LogP contribution in [0.25, 0.3) is 0 Å². The molecule has 0 aliphatic heterocycles. The molecule has 88 valence electrons. The number of esters is 1. The number of nitrogens with two attached hydrogens (primary N) is 1. The number of para-hydroxylation sites is 1. The van der Waals surface area contributed by atoms with Crippen molar-refractivity contribution in [2.24, 2.45) is 5.73 Å². The molecule has 1 rings (SSSR count). The van der Waals surface area contributed by atoms with Crippen LogP contribution in [0.2, 0.25) is 0 Å². The van der Waals surface area contributed by atoms with Gasteiger partial charge in [0.15, 0.2) is 0 Å². The molecule has 0 aliphatic carbocycles. The molecule has 0 heterocycles. The van der Waals surface area contributed by atoms with E-state index in [-0.39, 0.29) is 5.97 Å². The highest BCUT2D eigenvalue weighted by Crippen LogP contribution is 2.17. The second-order valence-corrected chi connectivity index (χ2v) is 3.34. The van der Waals surface area contributed by atoms with Gasteiger partial charge in [-0.2, -0.15) is 0 Å². The molecule has 4 heteroatoms. The molecule has 0 amide bonds. The zero-order valence-electron chi connectivity index (χ0n) is 9.44. The molecule has 0 saturated heterocycles. The first-order chi connectivity index (χ1) is 7.77. The van der Waals surface area contributed by atoms with Crippen molar-refractivity contribution in [3.63, 3.8) is 0 Å². The number of hydrogen-bond acceptors (Lipinski definition) is 4. The number of carbonyl (C=O) groups excluding carboxylic acids is 1. The summed E-state index contributed by atoms with van der Waals surface area (Å²) in [7, 11) is 1.38. The Bertz CT molecular complexity index is 339. The highest BCUT2D eigenvalue weighted by molar-refractivity contribution is 5.69. The van der Waals surface area contributed by atoms with Crippen molar-refractivity contribution in [1.82, 2.24) is 0 Å². The average molecular weight is 223 g/mol. The van der Waals surface area contributed by atoms with Gasteiger partial charge in [-0.05, 0) is 12.5 Å². The lowest BCUT2D eigenvalue weighted by atomic mass is 10.2. The molecule has 0 fully saturated rings. The molecular weight excluding hydrogens is 206 g/mol. The van der Waals surface area contributed by atoms with Crippen LogP contribution >= 0.6 is 0 Å². The molecule has 16 heavy (non-hydrogen) atoms. The van der Waals surface area contributed by atoms with Crippen molar-refractivity contribution in [3.05, 3.63) is 29.8 Å². The second-order valence-electron chi connectivity index (χ2n) is 3.34. The first kappa shape index (κ1) is 12.5. The van der Waals surface area contributed by atoms with Crippen molar-refractivity contribution in [2.75, 3.05) is 13.7 Å². The molecular formula is C12H17NO3. The van der Waals surface area contributed by atoms with Crippen LogP contribution in [0.5, 0.6) is 5.75 Å². The predicted octanol–water partition coefficient (Wildman–Crippen LogP) is 1.48. The zero-order valence-corrected chi connectivity index (χ0v) is 9.44. The SMILES string of the molecule is COC(=O)CCCOc1ccccc1CN. The van der Waals surface area contributed by atoms with E-state index < -0.39 is 0 Å². The quantitative estimate of drug-likeness (QED) is 0.586. The first-order valence-corrected chi connectivity index (χ1v) is 5.25. The summed E-state index contributed by atoms with van der Waals surface area (Å²) in [5.41, 5.74) is 6.54. The van der Waals surface area contributed by atoms with Crippen molar-refractivity contribution < 1.29 is 14.3 Å². The Balaban J connectivity index is 2.34. The maximum atomic E-state index is 10.8. The molecule has 0 unspecified atom stereocenters. The largest absolute Gasteiger partial charge is 0.493 e. The van der Waals surface area contributed by atoms with Gasteiger partial charge in [-0.25, -0.2) is 0 Å². The molecule has 0 aromatic heterocycles. The van der Waals surface area contributed by atoms with E-state index in [0.29, 0.717) is 26.0 Å². The molecule has 1 aromatic rings. The van der Waals surface area contributed by atoms with Crippen LogP contribution in [0, 0.1) is 0 Å². The summed E-state index contributed by atoms with van der Waals surface area (Å²) in [5, 5.41) is 0. The maximum absolute atomic E-state index is 10.8. The predicted molar refractivity (Wildman–Crippen MR) is 61.1 cm³/mol. The number of rotatable bonds is 6. The minimum atomic E-state index is -0.212. The van der Waals surface area contributed by atoms with Gasteiger partial charge in [0.2, 0.25) is 0 Å². The number of carbonyl (C=O) groups is 1. The Hall–Kier alpha value is -1.55. The molecule has 0 spiro atoms. The Morgan fingerprint density at radius 1 is 1.38 bits per heavy atom. The van der Waals surface area contributed by atoms with Gasteiger partial charge in [0.1, 0.15) is 5.75 Å². The lowest BCUT2D eigenvalue weighted by Crippen LogP contribution is -2.06. The van der Waals surface area contributed by atoms with E-state index in [4.69, 9.17) is 10.5 Å². The number of benzene rings is 1. The van der Waals surface area contributed by atoms with Crippen LogP contribution in [0.4, 0.5) is 0 Å². The Labute approximate surface area is 95.3 Å². The van der Waals surface area contributed by atoms with Crippen LogP contribution in [0.15, 0.2) is 24.3 Å². The van der Waals surface area contributed by atoms with Gasteiger partial charge in [-0.1, -0.05) is 18.2 Å². The minimum absolute atomic E-state index is 0.212. The molecule has 0 aliphatic rings. The van der Waals surface area contributed by atoms with Crippen molar-refractivity contribution in [3.8, 4) is 5.75 Å². The second kappa shape index (κ2) is 6.85. The third kappa shape index (κ3) is 3.90. The van der Waals surface area contributed by atoms with Gasteiger partial charge in [0, 0.05) is 18.5 Å². The number of ether oxygens (including phenoxy) is 2. The lowest BCUT2D eigenvalue weighted by Gasteiger charge is -2.09. The summed E-state index contributed by atoms with van der Waals surface area (Å²) in [4.78, 5) is 10.8. The van der Waals surface area contributed by atoms with E-state index in [2.05, 4.69) is 4.74 Å². The Morgan fingerprint density at radius 2 is 2.12 bits per heavy atom.